The second-order valence-corrected chi connectivity index (χ2v) is 5.48. The fourth-order valence-corrected chi connectivity index (χ4v) is 2.93. The molecule has 0 aromatic heterocycles. The summed E-state index contributed by atoms with van der Waals surface area (Å²) >= 11 is 0. The lowest BCUT2D eigenvalue weighted by Gasteiger charge is -2.57. The van der Waals surface area contributed by atoms with E-state index in [0.29, 0.717) is 5.41 Å². The third-order valence-corrected chi connectivity index (χ3v) is 4.12. The van der Waals surface area contributed by atoms with Gasteiger partial charge in [0, 0.05) is 30.3 Å². The zero-order valence-corrected chi connectivity index (χ0v) is 10.3. The molecule has 1 spiro atoms. The largest absolute Gasteiger partial charge is 0.478 e. The van der Waals surface area contributed by atoms with E-state index in [1.165, 1.54) is 44.1 Å². The Morgan fingerprint density at radius 3 is 2.72 bits per heavy atom. The molecule has 1 aromatic rings. The number of carboxylic acids is 1. The molecule has 3 nitrogen and oxygen atoms in total. The van der Waals surface area contributed by atoms with Crippen LogP contribution in [0.15, 0.2) is 30.3 Å². The van der Waals surface area contributed by atoms with Gasteiger partial charge < -0.3 is 10.0 Å². The van der Waals surface area contributed by atoms with Gasteiger partial charge in [0.05, 0.1) is 0 Å². The average molecular weight is 243 g/mol. The van der Waals surface area contributed by atoms with Gasteiger partial charge in [0.15, 0.2) is 0 Å². The van der Waals surface area contributed by atoms with Crippen LogP contribution in [0, 0.1) is 5.41 Å². The molecule has 0 unspecified atom stereocenters. The van der Waals surface area contributed by atoms with E-state index in [9.17, 15) is 4.79 Å². The molecule has 0 amide bonds. The molecule has 0 radical (unpaired) electrons. The molecule has 2 fully saturated rings. The summed E-state index contributed by atoms with van der Waals surface area (Å²) in [4.78, 5) is 12.9. The van der Waals surface area contributed by atoms with E-state index in [2.05, 4.69) is 17.0 Å². The maximum atomic E-state index is 10.5. The molecule has 1 aliphatic carbocycles. The Kier molecular flexibility index (Phi) is 2.62. The third kappa shape index (κ3) is 2.01. The standard InChI is InChI=1S/C15H17NO2/c17-14(18)6-5-12-3-1-4-13(9-12)16-10-15(11-16)7-2-8-15/h1,3-6,9H,2,7-8,10-11H2,(H,17,18)/b6-5+. The van der Waals surface area contributed by atoms with Crippen molar-refractivity contribution in [1.82, 2.24) is 0 Å². The van der Waals surface area contributed by atoms with Crippen LogP contribution >= 0.6 is 0 Å². The van der Waals surface area contributed by atoms with Crippen LogP contribution in [-0.2, 0) is 4.79 Å². The quantitative estimate of drug-likeness (QED) is 0.830. The second-order valence-electron chi connectivity index (χ2n) is 5.48. The topological polar surface area (TPSA) is 40.5 Å². The van der Waals surface area contributed by atoms with E-state index < -0.39 is 5.97 Å². The zero-order valence-electron chi connectivity index (χ0n) is 10.3. The van der Waals surface area contributed by atoms with Crippen molar-refractivity contribution >= 4 is 17.7 Å². The van der Waals surface area contributed by atoms with Crippen LogP contribution in [0.1, 0.15) is 24.8 Å². The fraction of sp³-hybridized carbons (Fsp3) is 0.400. The minimum Gasteiger partial charge on any atom is -0.478 e. The van der Waals surface area contributed by atoms with Gasteiger partial charge in [0.25, 0.3) is 0 Å². The number of carbonyl (C=O) groups is 1. The summed E-state index contributed by atoms with van der Waals surface area (Å²) in [7, 11) is 0. The average Bonchev–Trinajstić information content (AvgIpc) is 2.23. The van der Waals surface area contributed by atoms with Crippen LogP contribution in [0.4, 0.5) is 5.69 Å². The Morgan fingerprint density at radius 1 is 1.33 bits per heavy atom. The number of hydrogen-bond donors (Lipinski definition) is 1. The first-order chi connectivity index (χ1) is 8.67. The fourth-order valence-electron chi connectivity index (χ4n) is 2.93. The van der Waals surface area contributed by atoms with Crippen molar-refractivity contribution in [2.45, 2.75) is 19.3 Å². The van der Waals surface area contributed by atoms with Gasteiger partial charge >= 0.3 is 5.97 Å². The van der Waals surface area contributed by atoms with Crippen molar-refractivity contribution in [3.05, 3.63) is 35.9 Å². The summed E-state index contributed by atoms with van der Waals surface area (Å²) in [6, 6.07) is 8.08. The molecule has 1 saturated heterocycles. The maximum absolute atomic E-state index is 10.5. The molecule has 1 aliphatic heterocycles. The SMILES string of the molecule is O=C(O)/C=C/c1cccc(N2CC3(CCC3)C2)c1. The van der Waals surface area contributed by atoms with Gasteiger partial charge in [0.1, 0.15) is 0 Å². The van der Waals surface area contributed by atoms with Crippen molar-refractivity contribution in [2.24, 2.45) is 5.41 Å². The third-order valence-electron chi connectivity index (χ3n) is 4.12. The molecule has 18 heavy (non-hydrogen) atoms. The highest BCUT2D eigenvalue weighted by Crippen LogP contribution is 2.49. The molecular weight excluding hydrogens is 226 g/mol. The molecular formula is C15H17NO2. The summed E-state index contributed by atoms with van der Waals surface area (Å²) in [5.41, 5.74) is 2.77. The number of rotatable bonds is 3. The molecule has 2 aliphatic rings. The Bertz CT molecular complexity index is 495. The highest BCUT2D eigenvalue weighted by molar-refractivity contribution is 5.85. The minimum atomic E-state index is -0.905. The van der Waals surface area contributed by atoms with Crippen LogP contribution in [-0.4, -0.2) is 24.2 Å². The van der Waals surface area contributed by atoms with Crippen molar-refractivity contribution in [3.63, 3.8) is 0 Å². The number of aliphatic carboxylic acids is 1. The lowest BCUT2D eigenvalue weighted by Crippen LogP contribution is -2.59. The Balaban J connectivity index is 1.70. The Morgan fingerprint density at radius 2 is 2.11 bits per heavy atom. The number of benzene rings is 1. The Hall–Kier alpha value is -1.77. The number of anilines is 1. The minimum absolute atomic E-state index is 0.618. The molecule has 1 N–H and O–H groups in total. The zero-order chi connectivity index (χ0) is 12.6. The van der Waals surface area contributed by atoms with Gasteiger partial charge in [-0.15, -0.1) is 0 Å². The van der Waals surface area contributed by atoms with Crippen molar-refractivity contribution < 1.29 is 9.90 Å². The predicted molar refractivity (Wildman–Crippen MR) is 71.6 cm³/mol. The van der Waals surface area contributed by atoms with Gasteiger partial charge in [-0.1, -0.05) is 18.6 Å². The second kappa shape index (κ2) is 4.16. The first kappa shape index (κ1) is 11.3. The van der Waals surface area contributed by atoms with Gasteiger partial charge in [-0.2, -0.15) is 0 Å². The lowest BCUT2D eigenvalue weighted by molar-refractivity contribution is -0.131. The monoisotopic (exact) mass is 243 g/mol. The molecule has 3 heteroatoms. The Labute approximate surface area is 107 Å². The smallest absolute Gasteiger partial charge is 0.328 e. The van der Waals surface area contributed by atoms with E-state index in [1.807, 2.05) is 12.1 Å². The van der Waals surface area contributed by atoms with Gasteiger partial charge in [0.2, 0.25) is 0 Å². The van der Waals surface area contributed by atoms with Crippen molar-refractivity contribution in [2.75, 3.05) is 18.0 Å². The predicted octanol–water partition coefficient (Wildman–Crippen LogP) is 2.77. The van der Waals surface area contributed by atoms with Crippen LogP contribution in [0.5, 0.6) is 0 Å². The van der Waals surface area contributed by atoms with Crippen LogP contribution in [0.3, 0.4) is 0 Å². The van der Waals surface area contributed by atoms with E-state index in [0.717, 1.165) is 5.56 Å². The van der Waals surface area contributed by atoms with E-state index in [-0.39, 0.29) is 0 Å². The summed E-state index contributed by atoms with van der Waals surface area (Å²) < 4.78 is 0. The summed E-state index contributed by atoms with van der Waals surface area (Å²) in [6.45, 7) is 2.33. The van der Waals surface area contributed by atoms with Gasteiger partial charge in [-0.3, -0.25) is 0 Å². The summed E-state index contributed by atoms with van der Waals surface area (Å²) in [6.07, 6.45) is 6.97. The molecule has 94 valence electrons. The van der Waals surface area contributed by atoms with Crippen molar-refractivity contribution in [3.8, 4) is 0 Å². The normalized spacial score (nSPS) is 20.8. The highest BCUT2D eigenvalue weighted by Gasteiger charge is 2.47. The van der Waals surface area contributed by atoms with Gasteiger partial charge in [-0.05, 0) is 36.6 Å². The van der Waals surface area contributed by atoms with Crippen LogP contribution in [0.25, 0.3) is 6.08 Å². The number of nitrogens with zero attached hydrogens (tertiary/aromatic N) is 1. The summed E-state index contributed by atoms with van der Waals surface area (Å²) in [5.74, 6) is -0.905. The maximum Gasteiger partial charge on any atom is 0.328 e. The highest BCUT2D eigenvalue weighted by atomic mass is 16.4. The van der Waals surface area contributed by atoms with E-state index in [1.54, 1.807) is 6.08 Å². The summed E-state index contributed by atoms with van der Waals surface area (Å²) in [5, 5.41) is 8.62. The first-order valence-corrected chi connectivity index (χ1v) is 6.43. The number of hydrogen-bond acceptors (Lipinski definition) is 2. The molecule has 0 bridgehead atoms. The lowest BCUT2D eigenvalue weighted by atomic mass is 9.63. The first-order valence-electron chi connectivity index (χ1n) is 6.43. The molecule has 0 atom stereocenters. The number of carboxylic acid groups (broad SMARTS) is 1. The van der Waals surface area contributed by atoms with Crippen LogP contribution < -0.4 is 4.90 Å². The van der Waals surface area contributed by atoms with Gasteiger partial charge in [-0.25, -0.2) is 4.79 Å². The van der Waals surface area contributed by atoms with E-state index >= 15 is 0 Å². The molecule has 3 rings (SSSR count). The van der Waals surface area contributed by atoms with Crippen LogP contribution in [0.2, 0.25) is 0 Å². The molecule has 1 saturated carbocycles. The molecule has 1 aromatic carbocycles. The van der Waals surface area contributed by atoms with E-state index in [4.69, 9.17) is 5.11 Å². The molecule has 1 heterocycles. The van der Waals surface area contributed by atoms with Crippen molar-refractivity contribution in [1.29, 1.82) is 0 Å².